The Bertz CT molecular complexity index is 624. The number of nitrogens with one attached hydrogen (secondary N) is 1. The fourth-order valence-corrected chi connectivity index (χ4v) is 3.01. The fourth-order valence-electron chi connectivity index (χ4n) is 2.79. The van der Waals surface area contributed by atoms with E-state index >= 15 is 0 Å². The van der Waals surface area contributed by atoms with E-state index in [0.717, 1.165) is 30.4 Å². The summed E-state index contributed by atoms with van der Waals surface area (Å²) in [6, 6.07) is 10.0. The molecule has 0 bridgehead atoms. The van der Waals surface area contributed by atoms with E-state index in [1.807, 2.05) is 12.1 Å². The van der Waals surface area contributed by atoms with Gasteiger partial charge in [-0.05, 0) is 60.7 Å². The molecule has 0 saturated heterocycles. The predicted molar refractivity (Wildman–Crippen MR) is 78.8 cm³/mol. The lowest BCUT2D eigenvalue weighted by Gasteiger charge is -2.27. The Kier molecular flexibility index (Phi) is 3.53. The van der Waals surface area contributed by atoms with E-state index in [1.165, 1.54) is 12.1 Å². The molecule has 104 valence electrons. The minimum atomic E-state index is -0.346. The molecular formula is C16H15ClFNO. The van der Waals surface area contributed by atoms with Gasteiger partial charge >= 0.3 is 0 Å². The maximum absolute atomic E-state index is 13.4. The van der Waals surface area contributed by atoms with E-state index in [0.29, 0.717) is 16.5 Å². The van der Waals surface area contributed by atoms with E-state index in [2.05, 4.69) is 5.32 Å². The predicted octanol–water partition coefficient (Wildman–Crippen LogP) is 4.67. The molecule has 2 nitrogen and oxygen atoms in total. The van der Waals surface area contributed by atoms with Crippen molar-refractivity contribution in [2.24, 2.45) is 0 Å². The van der Waals surface area contributed by atoms with Gasteiger partial charge in [0, 0.05) is 10.7 Å². The molecule has 1 unspecified atom stereocenters. The zero-order valence-corrected chi connectivity index (χ0v) is 11.6. The molecule has 2 N–H and O–H groups in total. The maximum atomic E-state index is 13.4. The molecule has 0 amide bonds. The second kappa shape index (κ2) is 5.33. The van der Waals surface area contributed by atoms with Crippen LogP contribution in [0.3, 0.4) is 0 Å². The molecule has 3 rings (SSSR count). The van der Waals surface area contributed by atoms with Gasteiger partial charge in [0.25, 0.3) is 0 Å². The van der Waals surface area contributed by atoms with Crippen LogP contribution in [-0.4, -0.2) is 5.11 Å². The van der Waals surface area contributed by atoms with Crippen LogP contribution in [0.1, 0.15) is 30.0 Å². The first-order valence-electron chi connectivity index (χ1n) is 6.66. The SMILES string of the molecule is Oc1ccc2c(c1)CCCC2Nc1cc(F)cc(Cl)c1. The number of aromatic hydroxyl groups is 1. The summed E-state index contributed by atoms with van der Waals surface area (Å²) < 4.78 is 13.4. The van der Waals surface area contributed by atoms with E-state index in [4.69, 9.17) is 11.6 Å². The van der Waals surface area contributed by atoms with Crippen molar-refractivity contribution in [3.8, 4) is 5.75 Å². The van der Waals surface area contributed by atoms with E-state index in [-0.39, 0.29) is 11.9 Å². The van der Waals surface area contributed by atoms with Crippen LogP contribution in [0.25, 0.3) is 0 Å². The number of hydrogen-bond acceptors (Lipinski definition) is 2. The number of anilines is 1. The fraction of sp³-hybridized carbons (Fsp3) is 0.250. The number of benzene rings is 2. The van der Waals surface area contributed by atoms with Crippen molar-refractivity contribution >= 4 is 17.3 Å². The van der Waals surface area contributed by atoms with Gasteiger partial charge in [0.05, 0.1) is 6.04 Å². The third-order valence-electron chi connectivity index (χ3n) is 3.64. The largest absolute Gasteiger partial charge is 0.508 e. The Hall–Kier alpha value is -1.74. The number of aryl methyl sites for hydroxylation is 1. The molecule has 1 aliphatic carbocycles. The van der Waals surface area contributed by atoms with Crippen molar-refractivity contribution in [2.45, 2.75) is 25.3 Å². The molecule has 0 aliphatic heterocycles. The average Bonchev–Trinajstić information content (AvgIpc) is 2.37. The second-order valence-electron chi connectivity index (χ2n) is 5.13. The first-order valence-corrected chi connectivity index (χ1v) is 7.04. The zero-order chi connectivity index (χ0) is 14.1. The van der Waals surface area contributed by atoms with Gasteiger partial charge in [-0.3, -0.25) is 0 Å². The Balaban J connectivity index is 1.89. The van der Waals surface area contributed by atoms with Crippen molar-refractivity contribution in [3.05, 3.63) is 58.4 Å². The van der Waals surface area contributed by atoms with Crippen molar-refractivity contribution in [1.82, 2.24) is 0 Å². The average molecular weight is 292 g/mol. The molecule has 4 heteroatoms. The Morgan fingerprint density at radius 1 is 1.20 bits per heavy atom. The lowest BCUT2D eigenvalue weighted by Crippen LogP contribution is -2.17. The Morgan fingerprint density at radius 2 is 2.05 bits per heavy atom. The molecule has 0 aromatic heterocycles. The van der Waals surface area contributed by atoms with Gasteiger partial charge in [-0.25, -0.2) is 4.39 Å². The summed E-state index contributed by atoms with van der Waals surface area (Å²) in [5, 5.41) is 13.3. The van der Waals surface area contributed by atoms with E-state index < -0.39 is 0 Å². The minimum absolute atomic E-state index is 0.122. The number of fused-ring (bicyclic) bond motifs is 1. The van der Waals surface area contributed by atoms with Crippen LogP contribution in [-0.2, 0) is 6.42 Å². The summed E-state index contributed by atoms with van der Waals surface area (Å²) in [4.78, 5) is 0. The van der Waals surface area contributed by atoms with Crippen LogP contribution in [0.4, 0.5) is 10.1 Å². The molecule has 20 heavy (non-hydrogen) atoms. The number of halogens is 2. The monoisotopic (exact) mass is 291 g/mol. The van der Waals surface area contributed by atoms with Gasteiger partial charge in [-0.15, -0.1) is 0 Å². The smallest absolute Gasteiger partial charge is 0.126 e. The third-order valence-corrected chi connectivity index (χ3v) is 3.86. The number of hydrogen-bond donors (Lipinski definition) is 2. The van der Waals surface area contributed by atoms with Crippen LogP contribution in [0.2, 0.25) is 5.02 Å². The quantitative estimate of drug-likeness (QED) is 0.842. The van der Waals surface area contributed by atoms with E-state index in [1.54, 1.807) is 12.1 Å². The Labute approximate surface area is 122 Å². The van der Waals surface area contributed by atoms with Crippen molar-refractivity contribution < 1.29 is 9.50 Å². The molecule has 1 atom stereocenters. The van der Waals surface area contributed by atoms with Crippen LogP contribution in [0.15, 0.2) is 36.4 Å². The van der Waals surface area contributed by atoms with Crippen molar-refractivity contribution in [3.63, 3.8) is 0 Å². The summed E-state index contributed by atoms with van der Waals surface area (Å²) in [5.74, 6) is -0.0556. The van der Waals surface area contributed by atoms with Crippen LogP contribution >= 0.6 is 11.6 Å². The molecule has 1 aliphatic rings. The van der Waals surface area contributed by atoms with Gasteiger partial charge in [0.1, 0.15) is 11.6 Å². The maximum Gasteiger partial charge on any atom is 0.126 e. The molecule has 2 aromatic carbocycles. The second-order valence-corrected chi connectivity index (χ2v) is 5.57. The summed E-state index contributed by atoms with van der Waals surface area (Å²) >= 11 is 5.88. The van der Waals surface area contributed by atoms with Gasteiger partial charge in [-0.1, -0.05) is 17.7 Å². The number of phenols is 1. The van der Waals surface area contributed by atoms with Crippen molar-refractivity contribution in [1.29, 1.82) is 0 Å². The summed E-state index contributed by atoms with van der Waals surface area (Å²) in [6.45, 7) is 0. The van der Waals surface area contributed by atoms with Gasteiger partial charge in [0.15, 0.2) is 0 Å². The third kappa shape index (κ3) is 2.73. The van der Waals surface area contributed by atoms with E-state index in [9.17, 15) is 9.50 Å². The highest BCUT2D eigenvalue weighted by molar-refractivity contribution is 6.30. The summed E-state index contributed by atoms with van der Waals surface area (Å²) in [6.07, 6.45) is 2.98. The molecule has 2 aromatic rings. The molecular weight excluding hydrogens is 277 g/mol. The van der Waals surface area contributed by atoms with Gasteiger partial charge in [0.2, 0.25) is 0 Å². The molecule has 0 spiro atoms. The van der Waals surface area contributed by atoms with Gasteiger partial charge < -0.3 is 10.4 Å². The Morgan fingerprint density at radius 3 is 2.85 bits per heavy atom. The normalized spacial score (nSPS) is 17.6. The lowest BCUT2D eigenvalue weighted by molar-refractivity contribution is 0.472. The summed E-state index contributed by atoms with van der Waals surface area (Å²) in [5.41, 5.74) is 2.99. The minimum Gasteiger partial charge on any atom is -0.508 e. The van der Waals surface area contributed by atoms with Crippen LogP contribution in [0.5, 0.6) is 5.75 Å². The van der Waals surface area contributed by atoms with Crippen LogP contribution in [0, 0.1) is 5.82 Å². The van der Waals surface area contributed by atoms with Crippen molar-refractivity contribution in [2.75, 3.05) is 5.32 Å². The first kappa shape index (κ1) is 13.3. The lowest BCUT2D eigenvalue weighted by atomic mass is 9.87. The molecule has 0 heterocycles. The topological polar surface area (TPSA) is 32.3 Å². The van der Waals surface area contributed by atoms with Crippen LogP contribution < -0.4 is 5.32 Å². The number of phenolic OH excluding ortho intramolecular Hbond substituents is 1. The highest BCUT2D eigenvalue weighted by Gasteiger charge is 2.20. The standard InChI is InChI=1S/C16H15ClFNO/c17-11-7-12(18)9-13(8-11)19-16-3-1-2-10-6-14(20)4-5-15(10)16/h4-9,16,19-20H,1-3H2. The molecule has 0 fully saturated rings. The zero-order valence-electron chi connectivity index (χ0n) is 10.9. The van der Waals surface area contributed by atoms with Gasteiger partial charge in [-0.2, -0.15) is 0 Å². The highest BCUT2D eigenvalue weighted by atomic mass is 35.5. The summed E-state index contributed by atoms with van der Waals surface area (Å²) in [7, 11) is 0. The number of rotatable bonds is 2. The highest BCUT2D eigenvalue weighted by Crippen LogP contribution is 2.34. The molecule has 0 radical (unpaired) electrons. The molecule has 0 saturated carbocycles. The first-order chi connectivity index (χ1) is 9.61.